The number of guanidine groups is 1. The van der Waals surface area contributed by atoms with Crippen LogP contribution in [0.25, 0.3) is 0 Å². The van der Waals surface area contributed by atoms with Gasteiger partial charge in [0.2, 0.25) is 5.96 Å². The Hall–Kier alpha value is -3.26. The van der Waals surface area contributed by atoms with E-state index in [-0.39, 0.29) is 5.96 Å². The highest BCUT2D eigenvalue weighted by Crippen LogP contribution is 2.42. The maximum absolute atomic E-state index is 10.9. The van der Waals surface area contributed by atoms with Crippen molar-refractivity contribution in [3.63, 3.8) is 0 Å². The zero-order valence-electron chi connectivity index (χ0n) is 15.3. The highest BCUT2D eigenvalue weighted by molar-refractivity contribution is 6.30. The van der Waals surface area contributed by atoms with Crippen LogP contribution in [0.4, 0.5) is 5.69 Å². The van der Waals surface area contributed by atoms with Gasteiger partial charge in [-0.15, -0.1) is 0 Å². The number of aliphatic hydroxyl groups is 1. The van der Waals surface area contributed by atoms with Crippen LogP contribution in [0.3, 0.4) is 0 Å². The molecule has 3 rings (SSSR count). The molecule has 1 aliphatic rings. The second-order valence-corrected chi connectivity index (χ2v) is 7.25. The number of anilines is 1. The molecule has 0 saturated heterocycles. The number of hydrogen-bond donors (Lipinski definition) is 3. The Bertz CT molecular complexity index is 1010. The van der Waals surface area contributed by atoms with Crippen molar-refractivity contribution in [2.45, 2.75) is 31.6 Å². The molecule has 0 amide bonds. The fourth-order valence-electron chi connectivity index (χ4n) is 2.97. The van der Waals surface area contributed by atoms with E-state index in [9.17, 15) is 10.4 Å². The van der Waals surface area contributed by atoms with Crippen LogP contribution in [0, 0.1) is 22.8 Å². The first kappa shape index (κ1) is 19.5. The third kappa shape index (κ3) is 4.01. The van der Waals surface area contributed by atoms with Gasteiger partial charge in [0.05, 0.1) is 11.6 Å². The molecule has 1 heterocycles. The SMILES string of the molecule is CC1(C)Oc2ccc(C#N)cc2[C@@H](N=C(NC#N)Nc2cccc(Cl)c2)[C@@H]1O. The Morgan fingerprint density at radius 2 is 2.04 bits per heavy atom. The van der Waals surface area contributed by atoms with E-state index in [0.29, 0.717) is 27.6 Å². The van der Waals surface area contributed by atoms with Gasteiger partial charge in [-0.25, -0.2) is 4.99 Å². The number of ether oxygens (including phenoxy) is 1. The normalized spacial score (nSPS) is 20.1. The Balaban J connectivity index is 2.05. The van der Waals surface area contributed by atoms with Crippen LogP contribution in [0.15, 0.2) is 47.5 Å². The monoisotopic (exact) mass is 395 g/mol. The van der Waals surface area contributed by atoms with Gasteiger partial charge in [0.1, 0.15) is 23.5 Å². The maximum Gasteiger partial charge on any atom is 0.209 e. The van der Waals surface area contributed by atoms with Crippen molar-refractivity contribution in [3.8, 4) is 18.0 Å². The van der Waals surface area contributed by atoms with Crippen molar-refractivity contribution in [1.29, 1.82) is 10.5 Å². The molecule has 0 aromatic heterocycles. The summed E-state index contributed by atoms with van der Waals surface area (Å²) >= 11 is 6.01. The first-order valence-corrected chi connectivity index (χ1v) is 8.88. The summed E-state index contributed by atoms with van der Waals surface area (Å²) in [6.07, 6.45) is 0.824. The summed E-state index contributed by atoms with van der Waals surface area (Å²) in [6.45, 7) is 3.51. The summed E-state index contributed by atoms with van der Waals surface area (Å²) in [5.41, 5.74) is 0.701. The average Bonchev–Trinajstić information content (AvgIpc) is 2.65. The van der Waals surface area contributed by atoms with E-state index < -0.39 is 17.7 Å². The van der Waals surface area contributed by atoms with Gasteiger partial charge in [0, 0.05) is 16.3 Å². The summed E-state index contributed by atoms with van der Waals surface area (Å²) < 4.78 is 5.88. The van der Waals surface area contributed by atoms with E-state index in [1.807, 2.05) is 6.19 Å². The second kappa shape index (κ2) is 7.77. The van der Waals surface area contributed by atoms with Crippen molar-refractivity contribution in [3.05, 3.63) is 58.6 Å². The van der Waals surface area contributed by atoms with Crippen LogP contribution in [0.5, 0.6) is 5.75 Å². The number of benzene rings is 2. The van der Waals surface area contributed by atoms with Gasteiger partial charge in [-0.3, -0.25) is 5.32 Å². The molecule has 2 atom stereocenters. The molecule has 0 radical (unpaired) electrons. The third-order valence-electron chi connectivity index (χ3n) is 4.37. The van der Waals surface area contributed by atoms with Crippen LogP contribution in [-0.4, -0.2) is 22.8 Å². The minimum atomic E-state index is -1.01. The van der Waals surface area contributed by atoms with Gasteiger partial charge < -0.3 is 15.2 Å². The lowest BCUT2D eigenvalue weighted by Crippen LogP contribution is -2.49. The van der Waals surface area contributed by atoms with Crippen LogP contribution in [0.2, 0.25) is 5.02 Å². The first-order valence-electron chi connectivity index (χ1n) is 8.50. The van der Waals surface area contributed by atoms with E-state index in [1.165, 1.54) is 0 Å². The number of nitrogens with zero attached hydrogens (tertiary/aromatic N) is 3. The van der Waals surface area contributed by atoms with E-state index in [0.717, 1.165) is 0 Å². The summed E-state index contributed by atoms with van der Waals surface area (Å²) in [5, 5.41) is 35.2. The maximum atomic E-state index is 10.9. The minimum Gasteiger partial charge on any atom is -0.485 e. The molecule has 0 fully saturated rings. The molecule has 0 saturated carbocycles. The Kier molecular flexibility index (Phi) is 5.41. The molecule has 2 aromatic rings. The molecule has 0 spiro atoms. The Morgan fingerprint density at radius 1 is 1.25 bits per heavy atom. The zero-order chi connectivity index (χ0) is 20.3. The van der Waals surface area contributed by atoms with E-state index in [2.05, 4.69) is 21.7 Å². The number of fused-ring (bicyclic) bond motifs is 1. The highest BCUT2D eigenvalue weighted by atomic mass is 35.5. The van der Waals surface area contributed by atoms with Gasteiger partial charge in [-0.2, -0.15) is 10.5 Å². The highest BCUT2D eigenvalue weighted by Gasteiger charge is 2.43. The molecule has 3 N–H and O–H groups in total. The molecule has 28 heavy (non-hydrogen) atoms. The topological polar surface area (TPSA) is 113 Å². The van der Waals surface area contributed by atoms with Crippen LogP contribution in [-0.2, 0) is 0 Å². The summed E-state index contributed by atoms with van der Waals surface area (Å²) in [4.78, 5) is 4.53. The lowest BCUT2D eigenvalue weighted by molar-refractivity contribution is -0.0567. The van der Waals surface area contributed by atoms with Crippen molar-refractivity contribution in [1.82, 2.24) is 5.32 Å². The second-order valence-electron chi connectivity index (χ2n) is 6.81. The molecular weight excluding hydrogens is 378 g/mol. The molecule has 7 nitrogen and oxygen atoms in total. The largest absolute Gasteiger partial charge is 0.485 e. The van der Waals surface area contributed by atoms with Crippen molar-refractivity contribution in [2.24, 2.45) is 4.99 Å². The van der Waals surface area contributed by atoms with Crippen molar-refractivity contribution in [2.75, 3.05) is 5.32 Å². The molecule has 0 aliphatic carbocycles. The molecule has 0 bridgehead atoms. The van der Waals surface area contributed by atoms with E-state index in [4.69, 9.17) is 21.6 Å². The number of nitrogens with one attached hydrogen (secondary N) is 2. The molecule has 0 unspecified atom stereocenters. The lowest BCUT2D eigenvalue weighted by Gasteiger charge is -2.40. The minimum absolute atomic E-state index is 0.139. The average molecular weight is 396 g/mol. The number of hydrogen-bond acceptors (Lipinski definition) is 5. The molecule has 142 valence electrons. The number of halogens is 1. The zero-order valence-corrected chi connectivity index (χ0v) is 16.0. The molecule has 8 heteroatoms. The van der Waals surface area contributed by atoms with Crippen LogP contribution in [0.1, 0.15) is 31.0 Å². The smallest absolute Gasteiger partial charge is 0.209 e. The van der Waals surface area contributed by atoms with Crippen LogP contribution >= 0.6 is 11.6 Å². The van der Waals surface area contributed by atoms with Crippen LogP contribution < -0.4 is 15.4 Å². The van der Waals surface area contributed by atoms with Crippen molar-refractivity contribution >= 4 is 23.2 Å². The number of nitriles is 2. The number of aliphatic hydroxyl groups excluding tert-OH is 1. The predicted octanol–water partition coefficient (Wildman–Crippen LogP) is 3.32. The van der Waals surface area contributed by atoms with Gasteiger partial charge in [0.25, 0.3) is 0 Å². The molecule has 1 aliphatic heterocycles. The summed E-state index contributed by atoms with van der Waals surface area (Å²) in [5.74, 6) is 0.668. The van der Waals surface area contributed by atoms with E-state index in [1.54, 1.807) is 56.3 Å². The van der Waals surface area contributed by atoms with Crippen molar-refractivity contribution < 1.29 is 9.84 Å². The Morgan fingerprint density at radius 3 is 2.71 bits per heavy atom. The Labute approximate surface area is 167 Å². The third-order valence-corrected chi connectivity index (χ3v) is 4.61. The van der Waals surface area contributed by atoms with Gasteiger partial charge in [-0.05, 0) is 50.2 Å². The number of rotatable bonds is 2. The molecule has 2 aromatic carbocycles. The van der Waals surface area contributed by atoms with Gasteiger partial charge >= 0.3 is 0 Å². The van der Waals surface area contributed by atoms with E-state index >= 15 is 0 Å². The summed E-state index contributed by atoms with van der Waals surface area (Å²) in [7, 11) is 0. The predicted molar refractivity (Wildman–Crippen MR) is 106 cm³/mol. The quantitative estimate of drug-likeness (QED) is 0.311. The van der Waals surface area contributed by atoms with Gasteiger partial charge in [-0.1, -0.05) is 17.7 Å². The molecular formula is C20H18ClN5O2. The fourth-order valence-corrected chi connectivity index (χ4v) is 3.16. The fraction of sp³-hybridized carbons (Fsp3) is 0.250. The first-order chi connectivity index (χ1) is 13.3. The summed E-state index contributed by atoms with van der Waals surface area (Å²) in [6, 6.07) is 13.2. The van der Waals surface area contributed by atoms with Gasteiger partial charge in [0.15, 0.2) is 6.19 Å². The lowest BCUT2D eigenvalue weighted by atomic mass is 9.86. The standard InChI is InChI=1S/C20H18ClN5O2/c1-20(2)18(27)17(15-8-12(10-22)6-7-16(15)28-20)26-19(24-11-23)25-14-5-3-4-13(21)9-14/h3-9,17-18,27H,1-2H3,(H2,24,25,26)/t17-,18+/m1/s1. The number of aliphatic imine (C=N–C) groups is 1.